The lowest BCUT2D eigenvalue weighted by Crippen LogP contribution is -2.24. The van der Waals surface area contributed by atoms with Crippen molar-refractivity contribution in [1.82, 2.24) is 0 Å². The van der Waals surface area contributed by atoms with E-state index in [9.17, 15) is 10.2 Å². The van der Waals surface area contributed by atoms with Crippen molar-refractivity contribution in [2.75, 3.05) is 6.54 Å². The minimum atomic E-state index is -1.23. The fourth-order valence-electron chi connectivity index (χ4n) is 1.81. The minimum Gasteiger partial charge on any atom is -0.506 e. The Kier molecular flexibility index (Phi) is 4.61. The molecular weight excluding hydrogens is 313 g/mol. The average molecular weight is 328 g/mol. The van der Waals surface area contributed by atoms with Gasteiger partial charge in [-0.05, 0) is 38.1 Å². The Labute approximate surface area is 132 Å². The first kappa shape index (κ1) is 15.9. The predicted molar refractivity (Wildman–Crippen MR) is 83.6 cm³/mol. The highest BCUT2D eigenvalue weighted by molar-refractivity contribution is 6.36. The summed E-state index contributed by atoms with van der Waals surface area (Å²) in [6, 6.07) is 6.46. The van der Waals surface area contributed by atoms with Gasteiger partial charge in [-0.3, -0.25) is 4.99 Å². The summed E-state index contributed by atoms with van der Waals surface area (Å²) < 4.78 is 5.40. The molecule has 0 saturated heterocycles. The fourth-order valence-corrected chi connectivity index (χ4v) is 2.32. The monoisotopic (exact) mass is 327 g/mol. The van der Waals surface area contributed by atoms with Gasteiger partial charge in [-0.15, -0.1) is 0 Å². The Morgan fingerprint density at radius 3 is 2.67 bits per heavy atom. The van der Waals surface area contributed by atoms with E-state index >= 15 is 0 Å². The van der Waals surface area contributed by atoms with Crippen molar-refractivity contribution in [2.45, 2.75) is 19.4 Å². The van der Waals surface area contributed by atoms with Crippen LogP contribution in [-0.2, 0) is 5.60 Å². The van der Waals surface area contributed by atoms with Crippen LogP contribution < -0.4 is 0 Å². The predicted octanol–water partition coefficient (Wildman–Crippen LogP) is 3.93. The molecule has 0 aliphatic rings. The number of benzene rings is 1. The van der Waals surface area contributed by atoms with E-state index in [4.69, 9.17) is 27.6 Å². The fraction of sp³-hybridized carbons (Fsp3) is 0.267. The smallest absolute Gasteiger partial charge is 0.143 e. The van der Waals surface area contributed by atoms with Crippen LogP contribution in [0.1, 0.15) is 24.0 Å². The summed E-state index contributed by atoms with van der Waals surface area (Å²) in [5.41, 5.74) is -0.845. The van der Waals surface area contributed by atoms with Gasteiger partial charge in [0.2, 0.25) is 0 Å². The van der Waals surface area contributed by atoms with Gasteiger partial charge < -0.3 is 14.6 Å². The van der Waals surface area contributed by atoms with Crippen LogP contribution in [0.25, 0.3) is 0 Å². The number of aromatic hydroxyl groups is 1. The van der Waals surface area contributed by atoms with Gasteiger partial charge in [0.05, 0.1) is 11.6 Å². The molecule has 0 radical (unpaired) electrons. The van der Waals surface area contributed by atoms with Crippen molar-refractivity contribution in [3.05, 3.63) is 51.4 Å². The van der Waals surface area contributed by atoms with Crippen LogP contribution in [0.4, 0.5) is 0 Å². The largest absolute Gasteiger partial charge is 0.506 e. The van der Waals surface area contributed by atoms with E-state index in [2.05, 4.69) is 4.99 Å². The Morgan fingerprint density at radius 2 is 2.05 bits per heavy atom. The van der Waals surface area contributed by atoms with Crippen molar-refractivity contribution < 1.29 is 14.6 Å². The second-order valence-electron chi connectivity index (χ2n) is 4.98. The number of rotatable bonds is 4. The van der Waals surface area contributed by atoms with Crippen LogP contribution in [0.15, 0.2) is 33.7 Å². The van der Waals surface area contributed by atoms with Gasteiger partial charge in [0.1, 0.15) is 22.9 Å². The summed E-state index contributed by atoms with van der Waals surface area (Å²) in [6.07, 6.45) is 1.41. The van der Waals surface area contributed by atoms with Gasteiger partial charge in [-0.1, -0.05) is 23.2 Å². The van der Waals surface area contributed by atoms with E-state index in [0.717, 1.165) is 0 Å². The van der Waals surface area contributed by atoms with E-state index in [1.54, 1.807) is 26.0 Å². The van der Waals surface area contributed by atoms with E-state index in [1.807, 2.05) is 0 Å². The molecule has 112 valence electrons. The number of phenols is 1. The van der Waals surface area contributed by atoms with Crippen LogP contribution in [0, 0.1) is 6.92 Å². The molecule has 1 unspecified atom stereocenters. The molecule has 0 bridgehead atoms. The molecule has 6 heteroatoms. The highest BCUT2D eigenvalue weighted by Gasteiger charge is 2.26. The molecule has 4 nitrogen and oxygen atoms in total. The van der Waals surface area contributed by atoms with Crippen LogP contribution in [0.5, 0.6) is 5.75 Å². The summed E-state index contributed by atoms with van der Waals surface area (Å²) in [7, 11) is 0. The molecule has 0 amide bonds. The van der Waals surface area contributed by atoms with Gasteiger partial charge in [-0.2, -0.15) is 0 Å². The molecule has 1 aromatic heterocycles. The van der Waals surface area contributed by atoms with Crippen LogP contribution in [0.2, 0.25) is 10.0 Å². The Bertz CT molecular complexity index is 678. The lowest BCUT2D eigenvalue weighted by Gasteiger charge is -2.17. The first-order chi connectivity index (χ1) is 9.79. The number of nitrogens with zero attached hydrogens (tertiary/aromatic N) is 1. The van der Waals surface area contributed by atoms with Crippen molar-refractivity contribution >= 4 is 29.4 Å². The zero-order valence-corrected chi connectivity index (χ0v) is 13.1. The molecule has 1 aromatic carbocycles. The molecular formula is C15H15Cl2NO3. The van der Waals surface area contributed by atoms with E-state index in [0.29, 0.717) is 22.1 Å². The van der Waals surface area contributed by atoms with Crippen LogP contribution in [0.3, 0.4) is 0 Å². The summed E-state index contributed by atoms with van der Waals surface area (Å²) in [5, 5.41) is 20.7. The zero-order valence-electron chi connectivity index (χ0n) is 11.6. The maximum absolute atomic E-state index is 10.3. The summed E-state index contributed by atoms with van der Waals surface area (Å²) in [5.74, 6) is 1.05. The van der Waals surface area contributed by atoms with Crippen molar-refractivity contribution in [3.63, 3.8) is 0 Å². The summed E-state index contributed by atoms with van der Waals surface area (Å²) in [4.78, 5) is 4.13. The van der Waals surface area contributed by atoms with Crippen LogP contribution >= 0.6 is 23.2 Å². The number of halogens is 2. The van der Waals surface area contributed by atoms with Gasteiger partial charge in [0, 0.05) is 16.8 Å². The third-order valence-electron chi connectivity index (χ3n) is 2.96. The number of phenolic OH excluding ortho intramolecular Hbond substituents is 1. The molecule has 0 aliphatic heterocycles. The highest BCUT2D eigenvalue weighted by atomic mass is 35.5. The quantitative estimate of drug-likeness (QED) is 0.836. The van der Waals surface area contributed by atoms with E-state index in [1.165, 1.54) is 18.3 Å². The van der Waals surface area contributed by atoms with Crippen molar-refractivity contribution in [2.24, 2.45) is 4.99 Å². The summed E-state index contributed by atoms with van der Waals surface area (Å²) >= 11 is 11.7. The van der Waals surface area contributed by atoms with Crippen LogP contribution in [-0.4, -0.2) is 23.0 Å². The minimum absolute atomic E-state index is 0.0729. The van der Waals surface area contributed by atoms with Gasteiger partial charge in [0.15, 0.2) is 0 Å². The molecule has 0 saturated carbocycles. The molecule has 1 heterocycles. The normalized spacial score (nSPS) is 14.5. The first-order valence-corrected chi connectivity index (χ1v) is 7.02. The van der Waals surface area contributed by atoms with Gasteiger partial charge in [-0.25, -0.2) is 0 Å². The Hall–Kier alpha value is -1.49. The zero-order chi connectivity index (χ0) is 15.6. The molecule has 0 fully saturated rings. The maximum atomic E-state index is 10.3. The molecule has 21 heavy (non-hydrogen) atoms. The second-order valence-corrected chi connectivity index (χ2v) is 5.82. The molecule has 2 rings (SSSR count). The number of aliphatic hydroxyl groups is 1. The maximum Gasteiger partial charge on any atom is 0.143 e. The van der Waals surface area contributed by atoms with Gasteiger partial charge in [0.25, 0.3) is 0 Å². The van der Waals surface area contributed by atoms with Crippen molar-refractivity contribution in [1.29, 1.82) is 0 Å². The average Bonchev–Trinajstić information content (AvgIpc) is 2.82. The van der Waals surface area contributed by atoms with Gasteiger partial charge >= 0.3 is 0 Å². The first-order valence-electron chi connectivity index (χ1n) is 6.27. The number of aryl methyl sites for hydroxylation is 1. The third kappa shape index (κ3) is 3.79. The molecule has 2 N–H and O–H groups in total. The standard InChI is InChI=1S/C15H15Cl2NO3/c1-9-3-4-13(21-9)15(2,20)8-18-7-10-5-11(16)6-12(17)14(10)19/h3-7,19-20H,8H2,1-2H3. The molecule has 0 aliphatic carbocycles. The molecule has 2 aromatic rings. The number of hydrogen-bond donors (Lipinski definition) is 2. The SMILES string of the molecule is Cc1ccc(C(C)(O)CN=Cc2cc(Cl)cc(Cl)c2O)o1. The second kappa shape index (κ2) is 6.10. The van der Waals surface area contributed by atoms with Crippen molar-refractivity contribution in [3.8, 4) is 5.75 Å². The van der Waals surface area contributed by atoms with E-state index < -0.39 is 5.60 Å². The topological polar surface area (TPSA) is 66.0 Å². The van der Waals surface area contributed by atoms with E-state index in [-0.39, 0.29) is 17.3 Å². The Balaban J connectivity index is 2.16. The highest BCUT2D eigenvalue weighted by Crippen LogP contribution is 2.30. The number of aliphatic imine (C=N–C) groups is 1. The molecule has 1 atom stereocenters. The lowest BCUT2D eigenvalue weighted by atomic mass is 10.0. The Morgan fingerprint density at radius 1 is 1.33 bits per heavy atom. The summed E-state index contributed by atoms with van der Waals surface area (Å²) in [6.45, 7) is 3.48. The number of furan rings is 1. The molecule has 0 spiro atoms. The lowest BCUT2D eigenvalue weighted by molar-refractivity contribution is 0.0431. The third-order valence-corrected chi connectivity index (χ3v) is 3.46. The number of hydrogen-bond acceptors (Lipinski definition) is 4.